The number of rotatable bonds is 5. The van der Waals surface area contributed by atoms with Gasteiger partial charge in [0.1, 0.15) is 24.4 Å². The van der Waals surface area contributed by atoms with Gasteiger partial charge < -0.3 is 29.9 Å². The fourth-order valence-electron chi connectivity index (χ4n) is 4.13. The number of thiophene rings is 1. The summed E-state index contributed by atoms with van der Waals surface area (Å²) in [5.74, 6) is -1.76. The number of aryl methyl sites for hydroxylation is 1. The van der Waals surface area contributed by atoms with Gasteiger partial charge in [-0.15, -0.1) is 11.3 Å². The maximum atomic E-state index is 10.7. The predicted octanol–water partition coefficient (Wildman–Crippen LogP) is 2.73. The van der Waals surface area contributed by atoms with E-state index in [1.165, 1.54) is 22.8 Å². The first-order valence-corrected chi connectivity index (χ1v) is 11.1. The highest BCUT2D eigenvalue weighted by atomic mass is 35.5. The summed E-state index contributed by atoms with van der Waals surface area (Å²) in [6.45, 7) is 1.53. The lowest BCUT2D eigenvalue weighted by molar-refractivity contribution is -0.366. The molecule has 2 heterocycles. The van der Waals surface area contributed by atoms with Crippen LogP contribution in [-0.4, -0.2) is 58.6 Å². The van der Waals surface area contributed by atoms with Crippen LogP contribution in [0.15, 0.2) is 42.5 Å². The zero-order valence-electron chi connectivity index (χ0n) is 17.2. The van der Waals surface area contributed by atoms with Crippen molar-refractivity contribution in [3.63, 3.8) is 0 Å². The molecule has 2 aromatic carbocycles. The Labute approximate surface area is 189 Å². The molecular weight excluding hydrogens is 440 g/mol. The summed E-state index contributed by atoms with van der Waals surface area (Å²) in [7, 11) is 1.34. The van der Waals surface area contributed by atoms with Crippen molar-refractivity contribution in [2.24, 2.45) is 0 Å². The van der Waals surface area contributed by atoms with Crippen molar-refractivity contribution in [3.05, 3.63) is 69.1 Å². The summed E-state index contributed by atoms with van der Waals surface area (Å²) in [5, 5.41) is 42.5. The number of aliphatic hydroxyl groups excluding tert-OH is 4. The molecule has 5 atom stereocenters. The highest BCUT2D eigenvalue weighted by Gasteiger charge is 2.55. The summed E-state index contributed by atoms with van der Waals surface area (Å²) in [5.41, 5.74) is 2.44. The molecule has 4 rings (SSSR count). The van der Waals surface area contributed by atoms with E-state index in [9.17, 15) is 20.4 Å². The van der Waals surface area contributed by atoms with Crippen molar-refractivity contribution >= 4 is 33.0 Å². The molecule has 1 aliphatic rings. The van der Waals surface area contributed by atoms with Crippen LogP contribution in [0.4, 0.5) is 0 Å². The van der Waals surface area contributed by atoms with E-state index in [2.05, 4.69) is 25.1 Å². The molecule has 1 aromatic heterocycles. The molecule has 0 radical (unpaired) electrons. The Hall–Kier alpha value is -1.55. The maximum absolute atomic E-state index is 10.7. The monoisotopic (exact) mass is 464 g/mol. The van der Waals surface area contributed by atoms with Crippen molar-refractivity contribution in [2.45, 2.75) is 43.5 Å². The largest absolute Gasteiger partial charge is 0.394 e. The summed E-state index contributed by atoms with van der Waals surface area (Å²) in [6, 6.07) is 13.5. The Morgan fingerprint density at radius 1 is 1.13 bits per heavy atom. The Bertz CT molecular complexity index is 1080. The van der Waals surface area contributed by atoms with Crippen LogP contribution in [-0.2, 0) is 21.7 Å². The van der Waals surface area contributed by atoms with Gasteiger partial charge in [0.05, 0.1) is 6.61 Å². The van der Waals surface area contributed by atoms with E-state index in [0.29, 0.717) is 17.0 Å². The van der Waals surface area contributed by atoms with Crippen LogP contribution in [0.2, 0.25) is 5.02 Å². The summed E-state index contributed by atoms with van der Waals surface area (Å²) in [4.78, 5) is 1.13. The molecule has 0 spiro atoms. The fourth-order valence-corrected chi connectivity index (χ4v) is 5.48. The minimum atomic E-state index is -1.76. The summed E-state index contributed by atoms with van der Waals surface area (Å²) >= 11 is 8.17. The van der Waals surface area contributed by atoms with Gasteiger partial charge in [-0.2, -0.15) is 0 Å². The zero-order chi connectivity index (χ0) is 22.3. The average Bonchev–Trinajstić information content (AvgIpc) is 3.18. The smallest absolute Gasteiger partial charge is 0.224 e. The topological polar surface area (TPSA) is 99.4 Å². The second-order valence-corrected chi connectivity index (χ2v) is 9.39. The molecule has 3 aromatic rings. The molecule has 4 N–H and O–H groups in total. The van der Waals surface area contributed by atoms with E-state index < -0.39 is 36.8 Å². The molecule has 8 heteroatoms. The zero-order valence-corrected chi connectivity index (χ0v) is 18.7. The quantitative estimate of drug-likeness (QED) is 0.463. The van der Waals surface area contributed by atoms with Crippen molar-refractivity contribution in [3.8, 4) is 0 Å². The van der Waals surface area contributed by atoms with Gasteiger partial charge in [0.2, 0.25) is 5.79 Å². The molecule has 1 aliphatic heterocycles. The lowest BCUT2D eigenvalue weighted by Gasteiger charge is -2.47. The summed E-state index contributed by atoms with van der Waals surface area (Å²) in [6.07, 6.45) is -5.14. The van der Waals surface area contributed by atoms with Crippen LogP contribution in [0.1, 0.15) is 21.6 Å². The Morgan fingerprint density at radius 3 is 2.58 bits per heavy atom. The molecule has 0 amide bonds. The highest BCUT2D eigenvalue weighted by Crippen LogP contribution is 2.41. The van der Waals surface area contributed by atoms with Gasteiger partial charge in [0, 0.05) is 33.7 Å². The van der Waals surface area contributed by atoms with Gasteiger partial charge in [0.25, 0.3) is 0 Å². The third-order valence-corrected chi connectivity index (χ3v) is 7.37. The van der Waals surface area contributed by atoms with Crippen molar-refractivity contribution in [2.75, 3.05) is 13.7 Å². The van der Waals surface area contributed by atoms with Crippen LogP contribution >= 0.6 is 22.9 Å². The first-order valence-electron chi connectivity index (χ1n) is 9.95. The second-order valence-electron chi connectivity index (χ2n) is 7.82. The van der Waals surface area contributed by atoms with E-state index in [-0.39, 0.29) is 0 Å². The second kappa shape index (κ2) is 8.77. The lowest BCUT2D eigenvalue weighted by Crippen LogP contribution is -2.64. The van der Waals surface area contributed by atoms with Crippen LogP contribution < -0.4 is 0 Å². The van der Waals surface area contributed by atoms with Crippen LogP contribution in [0, 0.1) is 6.92 Å². The third kappa shape index (κ3) is 3.90. The summed E-state index contributed by atoms with van der Waals surface area (Å²) < 4.78 is 12.5. The number of hydrogen-bond donors (Lipinski definition) is 4. The van der Waals surface area contributed by atoms with Crippen molar-refractivity contribution in [1.82, 2.24) is 0 Å². The van der Waals surface area contributed by atoms with Crippen molar-refractivity contribution < 1.29 is 29.9 Å². The normalized spacial score (nSPS) is 28.9. The maximum Gasteiger partial charge on any atom is 0.224 e. The highest BCUT2D eigenvalue weighted by molar-refractivity contribution is 7.19. The van der Waals surface area contributed by atoms with Gasteiger partial charge in [-0.05, 0) is 47.7 Å². The molecule has 0 saturated carbocycles. The number of halogens is 1. The van der Waals surface area contributed by atoms with E-state index in [0.717, 1.165) is 10.4 Å². The van der Waals surface area contributed by atoms with Crippen LogP contribution in [0.3, 0.4) is 0 Å². The van der Waals surface area contributed by atoms with Gasteiger partial charge in [0.15, 0.2) is 0 Å². The molecule has 166 valence electrons. The van der Waals surface area contributed by atoms with E-state index in [1.807, 2.05) is 6.07 Å². The number of benzene rings is 2. The lowest BCUT2D eigenvalue weighted by atomic mass is 9.87. The van der Waals surface area contributed by atoms with E-state index in [4.69, 9.17) is 21.1 Å². The SMILES string of the molecule is CO[C@@]1(c2ccc(Cl)c(Cc3cc4c(C)cccc4s3)c2)OC(CO)[C@@H](O)C(O)[C@H]1O. The van der Waals surface area contributed by atoms with Gasteiger partial charge in [-0.3, -0.25) is 0 Å². The van der Waals surface area contributed by atoms with Crippen LogP contribution in [0.25, 0.3) is 10.1 Å². The van der Waals surface area contributed by atoms with E-state index >= 15 is 0 Å². The number of hydrogen-bond acceptors (Lipinski definition) is 7. The van der Waals surface area contributed by atoms with Gasteiger partial charge in [-0.1, -0.05) is 29.8 Å². The molecule has 1 saturated heterocycles. The number of aliphatic hydroxyl groups is 4. The Morgan fingerprint density at radius 2 is 1.90 bits per heavy atom. The Kier molecular flexibility index (Phi) is 6.40. The van der Waals surface area contributed by atoms with E-state index in [1.54, 1.807) is 29.5 Å². The molecule has 2 unspecified atom stereocenters. The van der Waals surface area contributed by atoms with Gasteiger partial charge >= 0.3 is 0 Å². The first kappa shape index (κ1) is 22.6. The fraction of sp³-hybridized carbons (Fsp3) is 0.391. The Balaban J connectivity index is 1.72. The molecule has 31 heavy (non-hydrogen) atoms. The molecule has 0 bridgehead atoms. The van der Waals surface area contributed by atoms with Crippen LogP contribution in [0.5, 0.6) is 0 Å². The first-order chi connectivity index (χ1) is 14.8. The number of fused-ring (bicyclic) bond motifs is 1. The average molecular weight is 465 g/mol. The molecular formula is C23H25ClO6S. The third-order valence-electron chi connectivity index (χ3n) is 5.90. The van der Waals surface area contributed by atoms with Gasteiger partial charge in [-0.25, -0.2) is 0 Å². The molecule has 0 aliphatic carbocycles. The number of ether oxygens (including phenoxy) is 2. The number of methoxy groups -OCH3 is 1. The molecule has 6 nitrogen and oxygen atoms in total. The standard InChI is InChI=1S/C23H25ClO6S/c1-12-4-3-5-19-16(12)10-15(31-19)9-13-8-14(6-7-17(13)24)23(29-2)22(28)21(27)20(26)18(11-25)30-23/h3-8,10,18,20-22,25-28H,9,11H2,1-2H3/t18?,20-,21?,22-,23+/m1/s1. The predicted molar refractivity (Wildman–Crippen MR) is 119 cm³/mol. The minimum Gasteiger partial charge on any atom is -0.394 e. The van der Waals surface area contributed by atoms with Crippen molar-refractivity contribution in [1.29, 1.82) is 0 Å². The minimum absolute atomic E-state index is 0.434. The molecule has 1 fully saturated rings.